The molecule has 1 fully saturated rings. The molecule has 0 bridgehead atoms. The second-order valence-electron chi connectivity index (χ2n) is 8.91. The molecule has 1 heterocycles. The number of carboxylic acid groups (broad SMARTS) is 1. The van der Waals surface area contributed by atoms with Crippen LogP contribution in [0.25, 0.3) is 0 Å². The highest BCUT2D eigenvalue weighted by Crippen LogP contribution is 2.31. The van der Waals surface area contributed by atoms with Crippen LogP contribution in [0, 0.1) is 11.8 Å². The molecule has 1 aliphatic heterocycles. The van der Waals surface area contributed by atoms with E-state index in [-0.39, 0.29) is 24.6 Å². The van der Waals surface area contributed by atoms with Crippen molar-refractivity contribution in [3.05, 3.63) is 23.8 Å². The van der Waals surface area contributed by atoms with Crippen LogP contribution >= 0.6 is 0 Å². The first-order valence-corrected chi connectivity index (χ1v) is 11.9. The first-order valence-electron chi connectivity index (χ1n) is 11.9. The van der Waals surface area contributed by atoms with E-state index in [4.69, 9.17) is 5.11 Å². The van der Waals surface area contributed by atoms with E-state index in [9.17, 15) is 18.0 Å². The number of benzene rings is 1. The van der Waals surface area contributed by atoms with Gasteiger partial charge in [0.15, 0.2) is 0 Å². The van der Waals surface area contributed by atoms with Gasteiger partial charge in [0, 0.05) is 37.8 Å². The molecular weight excluding hydrogens is 465 g/mol. The minimum Gasteiger partial charge on any atom is -0.481 e. The Morgan fingerprint density at radius 1 is 1.29 bits per heavy atom. The first-order chi connectivity index (χ1) is 16.5. The Bertz CT molecular complexity index is 852. The van der Waals surface area contributed by atoms with Crippen molar-refractivity contribution in [2.75, 3.05) is 25.0 Å². The van der Waals surface area contributed by atoms with Crippen LogP contribution in [0.3, 0.4) is 0 Å². The van der Waals surface area contributed by atoms with Crippen LogP contribution in [-0.2, 0) is 11.3 Å². The molecule has 2 atom stereocenters. The SMILES string of the molecule is CCCN(C[C@@H](CC)CC[C@H](C)CC(=O)O)c1ccc(OC(F)(F)F)cc1CN=C1NNN(C)N1. The Morgan fingerprint density at radius 3 is 2.60 bits per heavy atom. The normalized spacial score (nSPS) is 17.1. The predicted molar refractivity (Wildman–Crippen MR) is 128 cm³/mol. The third kappa shape index (κ3) is 10.2. The average molecular weight is 503 g/mol. The molecule has 0 aromatic heterocycles. The molecule has 1 saturated heterocycles. The van der Waals surface area contributed by atoms with Crippen molar-refractivity contribution in [3.63, 3.8) is 0 Å². The number of nitrogens with zero attached hydrogens (tertiary/aromatic N) is 3. The molecule has 1 aliphatic rings. The molecule has 9 nitrogen and oxygen atoms in total. The third-order valence-corrected chi connectivity index (χ3v) is 5.79. The molecule has 1 aromatic carbocycles. The van der Waals surface area contributed by atoms with Crippen LogP contribution in [0.5, 0.6) is 5.75 Å². The standard InChI is InChI=1S/C23H37F3N6O3/c1-5-11-32(15-17(6-2)8-7-16(3)12-21(33)34)20-10-9-19(35-23(24,25)26)13-18(20)14-27-22-28-30-31(4)29-22/h9-10,13,16-17,30H,5-8,11-12,14-15H2,1-4H3,(H,33,34)(H2,27,28,29)/t16-,17-/m0/s1. The summed E-state index contributed by atoms with van der Waals surface area (Å²) in [6, 6.07) is 4.38. The lowest BCUT2D eigenvalue weighted by molar-refractivity contribution is -0.274. The highest BCUT2D eigenvalue weighted by Gasteiger charge is 2.31. The Kier molecular flexibility index (Phi) is 10.9. The quantitative estimate of drug-likeness (QED) is 0.303. The van der Waals surface area contributed by atoms with Gasteiger partial charge in [-0.05, 0) is 49.3 Å². The minimum absolute atomic E-state index is 0.0875. The average Bonchev–Trinajstić information content (AvgIpc) is 3.18. The maximum Gasteiger partial charge on any atom is 0.573 e. The maximum atomic E-state index is 12.8. The van der Waals surface area contributed by atoms with Crippen molar-refractivity contribution < 1.29 is 27.8 Å². The predicted octanol–water partition coefficient (Wildman–Crippen LogP) is 4.03. The van der Waals surface area contributed by atoms with Gasteiger partial charge in [0.25, 0.3) is 0 Å². The lowest BCUT2D eigenvalue weighted by atomic mass is 9.92. The van der Waals surface area contributed by atoms with Crippen molar-refractivity contribution in [2.24, 2.45) is 16.8 Å². The van der Waals surface area contributed by atoms with Crippen LogP contribution in [0.4, 0.5) is 18.9 Å². The van der Waals surface area contributed by atoms with Gasteiger partial charge in [0.1, 0.15) is 5.75 Å². The summed E-state index contributed by atoms with van der Waals surface area (Å²) in [5.74, 6) is -0.228. The molecule has 35 heavy (non-hydrogen) atoms. The number of hydrogen-bond donors (Lipinski definition) is 4. The molecule has 0 radical (unpaired) electrons. The Balaban J connectivity index is 2.25. The van der Waals surface area contributed by atoms with E-state index in [1.807, 2.05) is 6.92 Å². The summed E-state index contributed by atoms with van der Waals surface area (Å²) in [5, 5.41) is 10.6. The zero-order valence-corrected chi connectivity index (χ0v) is 20.8. The number of alkyl halides is 3. The number of halogens is 3. The van der Waals surface area contributed by atoms with Crippen LogP contribution in [0.2, 0.25) is 0 Å². The fourth-order valence-corrected chi connectivity index (χ4v) is 4.02. The number of hydrazine groups is 3. The molecular formula is C23H37F3N6O3. The third-order valence-electron chi connectivity index (χ3n) is 5.79. The van der Waals surface area contributed by atoms with Gasteiger partial charge in [-0.15, -0.1) is 23.8 Å². The molecule has 0 unspecified atom stereocenters. The fraction of sp³-hybridized carbons (Fsp3) is 0.652. The van der Waals surface area contributed by atoms with Crippen LogP contribution in [0.1, 0.15) is 58.4 Å². The van der Waals surface area contributed by atoms with Gasteiger partial charge in [-0.2, -0.15) is 0 Å². The van der Waals surface area contributed by atoms with Crippen molar-refractivity contribution in [1.29, 1.82) is 0 Å². The molecule has 4 N–H and O–H groups in total. The van der Waals surface area contributed by atoms with Crippen LogP contribution in [0.15, 0.2) is 23.2 Å². The number of ether oxygens (including phenoxy) is 1. The van der Waals surface area contributed by atoms with Gasteiger partial charge in [-0.1, -0.05) is 27.2 Å². The number of carbonyl (C=O) groups is 1. The summed E-state index contributed by atoms with van der Waals surface area (Å²) in [7, 11) is 1.74. The van der Waals surface area contributed by atoms with Crippen LogP contribution < -0.4 is 26.0 Å². The Hall–Kier alpha value is -2.73. The van der Waals surface area contributed by atoms with Gasteiger partial charge >= 0.3 is 12.3 Å². The largest absolute Gasteiger partial charge is 0.573 e. The highest BCUT2D eigenvalue weighted by atomic mass is 19.4. The Morgan fingerprint density at radius 2 is 2.03 bits per heavy atom. The maximum absolute atomic E-state index is 12.8. The lowest BCUT2D eigenvalue weighted by Gasteiger charge is -2.31. The zero-order valence-electron chi connectivity index (χ0n) is 20.8. The fourth-order valence-electron chi connectivity index (χ4n) is 4.02. The monoisotopic (exact) mass is 502 g/mol. The van der Waals surface area contributed by atoms with E-state index in [0.29, 0.717) is 24.0 Å². The number of guanidine groups is 1. The number of rotatable bonds is 14. The highest BCUT2D eigenvalue weighted by molar-refractivity contribution is 5.80. The van der Waals surface area contributed by atoms with Crippen molar-refractivity contribution in [2.45, 2.75) is 65.8 Å². The minimum atomic E-state index is -4.78. The van der Waals surface area contributed by atoms with Crippen molar-refractivity contribution >= 4 is 17.6 Å². The summed E-state index contributed by atoms with van der Waals surface area (Å²) in [6.07, 6.45) is -1.18. The summed E-state index contributed by atoms with van der Waals surface area (Å²) in [5.41, 5.74) is 9.97. The number of carboxylic acids is 1. The topological polar surface area (TPSA) is 101 Å². The number of aliphatic imine (C=N–C) groups is 1. The van der Waals surface area contributed by atoms with E-state index < -0.39 is 12.3 Å². The second-order valence-corrected chi connectivity index (χ2v) is 8.91. The molecule has 2 rings (SSSR count). The van der Waals surface area contributed by atoms with E-state index in [1.54, 1.807) is 18.2 Å². The van der Waals surface area contributed by atoms with E-state index in [2.05, 4.69) is 44.9 Å². The Labute approximate surface area is 204 Å². The van der Waals surface area contributed by atoms with Gasteiger partial charge in [0.05, 0.1) is 6.54 Å². The summed E-state index contributed by atoms with van der Waals surface area (Å²) >= 11 is 0. The summed E-state index contributed by atoms with van der Waals surface area (Å²) in [4.78, 5) is 17.6. The number of aliphatic carboxylic acids is 1. The van der Waals surface area contributed by atoms with Gasteiger partial charge < -0.3 is 14.7 Å². The lowest BCUT2D eigenvalue weighted by Crippen LogP contribution is -2.35. The molecule has 0 amide bonds. The summed E-state index contributed by atoms with van der Waals surface area (Å²) < 4.78 is 42.7. The number of nitrogens with one attached hydrogen (secondary N) is 3. The van der Waals surface area contributed by atoms with Crippen LogP contribution in [-0.4, -0.2) is 48.7 Å². The molecule has 1 aromatic rings. The van der Waals surface area contributed by atoms with Gasteiger partial charge in [-0.3, -0.25) is 15.6 Å². The zero-order chi connectivity index (χ0) is 26.0. The van der Waals surface area contributed by atoms with E-state index in [1.165, 1.54) is 12.1 Å². The van der Waals surface area contributed by atoms with E-state index in [0.717, 1.165) is 37.9 Å². The van der Waals surface area contributed by atoms with Gasteiger partial charge in [-0.25, -0.2) is 4.99 Å². The summed E-state index contributed by atoms with van der Waals surface area (Å²) in [6.45, 7) is 7.68. The van der Waals surface area contributed by atoms with E-state index >= 15 is 0 Å². The molecule has 0 saturated carbocycles. The second kappa shape index (κ2) is 13.4. The molecule has 12 heteroatoms. The van der Waals surface area contributed by atoms with Crippen molar-refractivity contribution in [1.82, 2.24) is 21.5 Å². The number of hydrogen-bond acceptors (Lipinski definition) is 6. The number of anilines is 1. The first kappa shape index (κ1) is 28.5. The molecule has 0 aliphatic carbocycles. The molecule has 0 spiro atoms. The van der Waals surface area contributed by atoms with Crippen molar-refractivity contribution in [3.8, 4) is 5.75 Å². The molecule has 198 valence electrons. The smallest absolute Gasteiger partial charge is 0.481 e. The van der Waals surface area contributed by atoms with Gasteiger partial charge in [0.2, 0.25) is 5.96 Å².